The van der Waals surface area contributed by atoms with Gasteiger partial charge in [0.15, 0.2) is 0 Å². The highest BCUT2D eigenvalue weighted by Crippen LogP contribution is 2.30. The Bertz CT molecular complexity index is 270. The molecule has 2 saturated heterocycles. The third-order valence-corrected chi connectivity index (χ3v) is 4.39. The Morgan fingerprint density at radius 1 is 1.25 bits per heavy atom. The standard InChI is InChI=1S/C16H32N2O2/c1-4-7-17-11-16(6-5-8-19-13-16)12-18-9-14(2)20-15(3)10-18/h14-15,17H,4-13H2,1-3H3/t14-,15+,16?. The number of morpholine rings is 1. The van der Waals surface area contributed by atoms with Crippen LogP contribution in [0.1, 0.15) is 40.0 Å². The van der Waals surface area contributed by atoms with E-state index in [0.29, 0.717) is 17.6 Å². The fraction of sp³-hybridized carbons (Fsp3) is 1.00. The molecule has 0 aliphatic carbocycles. The van der Waals surface area contributed by atoms with Gasteiger partial charge in [0.25, 0.3) is 0 Å². The van der Waals surface area contributed by atoms with E-state index in [-0.39, 0.29) is 0 Å². The van der Waals surface area contributed by atoms with Crippen LogP contribution in [-0.2, 0) is 9.47 Å². The molecule has 0 amide bonds. The maximum Gasteiger partial charge on any atom is 0.0678 e. The number of rotatable bonds is 6. The molecule has 118 valence electrons. The normalized spacial score (nSPS) is 36.1. The van der Waals surface area contributed by atoms with Crippen molar-refractivity contribution in [1.82, 2.24) is 10.2 Å². The lowest BCUT2D eigenvalue weighted by atomic mass is 9.81. The SMILES string of the molecule is CCCNCC1(CN2C[C@@H](C)O[C@@H](C)C2)CCCOC1. The predicted molar refractivity (Wildman–Crippen MR) is 82.1 cm³/mol. The Labute approximate surface area is 124 Å². The minimum absolute atomic E-state index is 0.296. The van der Waals surface area contributed by atoms with E-state index in [1.807, 2.05) is 0 Å². The molecule has 3 atom stereocenters. The van der Waals surface area contributed by atoms with Gasteiger partial charge in [-0.2, -0.15) is 0 Å². The number of hydrogen-bond acceptors (Lipinski definition) is 4. The topological polar surface area (TPSA) is 33.7 Å². The van der Waals surface area contributed by atoms with E-state index < -0.39 is 0 Å². The number of hydrogen-bond donors (Lipinski definition) is 1. The molecule has 2 fully saturated rings. The van der Waals surface area contributed by atoms with Crippen LogP contribution in [0.3, 0.4) is 0 Å². The lowest BCUT2D eigenvalue weighted by molar-refractivity contribution is -0.0930. The van der Waals surface area contributed by atoms with E-state index in [1.54, 1.807) is 0 Å². The van der Waals surface area contributed by atoms with Gasteiger partial charge in [-0.15, -0.1) is 0 Å². The first kappa shape index (κ1) is 16.2. The Morgan fingerprint density at radius 3 is 2.60 bits per heavy atom. The summed E-state index contributed by atoms with van der Waals surface area (Å²) in [5.74, 6) is 0. The van der Waals surface area contributed by atoms with Gasteiger partial charge in [0.05, 0.1) is 18.8 Å². The average molecular weight is 284 g/mol. The third kappa shape index (κ3) is 4.69. The molecule has 0 saturated carbocycles. The molecule has 0 aromatic carbocycles. The summed E-state index contributed by atoms with van der Waals surface area (Å²) in [4.78, 5) is 2.58. The van der Waals surface area contributed by atoms with Gasteiger partial charge in [-0.05, 0) is 39.7 Å². The van der Waals surface area contributed by atoms with Crippen LogP contribution in [0.25, 0.3) is 0 Å². The molecule has 4 nitrogen and oxygen atoms in total. The zero-order valence-corrected chi connectivity index (χ0v) is 13.5. The molecule has 2 heterocycles. The van der Waals surface area contributed by atoms with Crippen molar-refractivity contribution in [2.45, 2.75) is 52.2 Å². The molecular formula is C16H32N2O2. The second-order valence-corrected chi connectivity index (χ2v) is 6.78. The van der Waals surface area contributed by atoms with Gasteiger partial charge in [-0.25, -0.2) is 0 Å². The molecule has 0 aromatic heterocycles. The summed E-state index contributed by atoms with van der Waals surface area (Å²) >= 11 is 0. The van der Waals surface area contributed by atoms with Crippen molar-refractivity contribution in [1.29, 1.82) is 0 Å². The van der Waals surface area contributed by atoms with Crippen molar-refractivity contribution >= 4 is 0 Å². The van der Waals surface area contributed by atoms with Crippen molar-refractivity contribution in [2.24, 2.45) is 5.41 Å². The van der Waals surface area contributed by atoms with E-state index in [4.69, 9.17) is 9.47 Å². The number of nitrogens with zero attached hydrogens (tertiary/aromatic N) is 1. The maximum atomic E-state index is 5.85. The van der Waals surface area contributed by atoms with Crippen LogP contribution in [-0.4, -0.2) is 63.0 Å². The summed E-state index contributed by atoms with van der Waals surface area (Å²) in [5.41, 5.74) is 0.296. The summed E-state index contributed by atoms with van der Waals surface area (Å²) in [7, 11) is 0. The monoisotopic (exact) mass is 284 g/mol. The van der Waals surface area contributed by atoms with Crippen LogP contribution in [0.4, 0.5) is 0 Å². The highest BCUT2D eigenvalue weighted by Gasteiger charge is 2.36. The second-order valence-electron chi connectivity index (χ2n) is 6.78. The first-order chi connectivity index (χ1) is 9.63. The minimum Gasteiger partial charge on any atom is -0.381 e. The van der Waals surface area contributed by atoms with E-state index in [9.17, 15) is 0 Å². The summed E-state index contributed by atoms with van der Waals surface area (Å²) in [6.45, 7) is 13.9. The Hall–Kier alpha value is -0.160. The largest absolute Gasteiger partial charge is 0.381 e. The third-order valence-electron chi connectivity index (χ3n) is 4.39. The van der Waals surface area contributed by atoms with Gasteiger partial charge < -0.3 is 14.8 Å². The van der Waals surface area contributed by atoms with Gasteiger partial charge in [0, 0.05) is 38.2 Å². The van der Waals surface area contributed by atoms with E-state index in [2.05, 4.69) is 31.0 Å². The molecule has 2 aliphatic heterocycles. The van der Waals surface area contributed by atoms with Crippen molar-refractivity contribution in [3.63, 3.8) is 0 Å². The van der Waals surface area contributed by atoms with Crippen molar-refractivity contribution in [3.8, 4) is 0 Å². The zero-order chi connectivity index (χ0) is 14.4. The Balaban J connectivity index is 1.92. The molecule has 2 rings (SSSR count). The van der Waals surface area contributed by atoms with Gasteiger partial charge in [-0.1, -0.05) is 6.92 Å². The lowest BCUT2D eigenvalue weighted by Gasteiger charge is -2.44. The van der Waals surface area contributed by atoms with Crippen LogP contribution >= 0.6 is 0 Å². The minimum atomic E-state index is 0.296. The zero-order valence-electron chi connectivity index (χ0n) is 13.5. The lowest BCUT2D eigenvalue weighted by Crippen LogP contribution is -2.54. The number of nitrogens with one attached hydrogen (secondary N) is 1. The molecular weight excluding hydrogens is 252 g/mol. The molecule has 0 aromatic rings. The van der Waals surface area contributed by atoms with Crippen LogP contribution in [0.5, 0.6) is 0 Å². The van der Waals surface area contributed by atoms with E-state index in [1.165, 1.54) is 19.3 Å². The fourth-order valence-electron chi connectivity index (χ4n) is 3.65. The number of ether oxygens (including phenoxy) is 2. The fourth-order valence-corrected chi connectivity index (χ4v) is 3.65. The predicted octanol–water partition coefficient (Wildman–Crippen LogP) is 1.89. The molecule has 0 radical (unpaired) electrons. The molecule has 1 N–H and O–H groups in total. The van der Waals surface area contributed by atoms with Gasteiger partial charge in [-0.3, -0.25) is 4.90 Å². The van der Waals surface area contributed by atoms with Crippen LogP contribution in [0, 0.1) is 5.41 Å². The van der Waals surface area contributed by atoms with E-state index >= 15 is 0 Å². The average Bonchev–Trinajstić information content (AvgIpc) is 2.38. The van der Waals surface area contributed by atoms with Crippen molar-refractivity contribution in [3.05, 3.63) is 0 Å². The van der Waals surface area contributed by atoms with E-state index in [0.717, 1.165) is 45.9 Å². The second kappa shape index (κ2) is 7.74. The molecule has 4 heteroatoms. The quantitative estimate of drug-likeness (QED) is 0.755. The molecule has 0 bridgehead atoms. The van der Waals surface area contributed by atoms with Crippen molar-refractivity contribution < 1.29 is 9.47 Å². The van der Waals surface area contributed by atoms with Gasteiger partial charge >= 0.3 is 0 Å². The molecule has 0 spiro atoms. The molecule has 1 unspecified atom stereocenters. The van der Waals surface area contributed by atoms with Crippen LogP contribution < -0.4 is 5.32 Å². The van der Waals surface area contributed by atoms with Gasteiger partial charge in [0.2, 0.25) is 0 Å². The summed E-state index contributed by atoms with van der Waals surface area (Å²) in [5, 5.41) is 3.62. The maximum absolute atomic E-state index is 5.85. The van der Waals surface area contributed by atoms with Crippen LogP contribution in [0.2, 0.25) is 0 Å². The van der Waals surface area contributed by atoms with Gasteiger partial charge in [0.1, 0.15) is 0 Å². The smallest absolute Gasteiger partial charge is 0.0678 e. The highest BCUT2D eigenvalue weighted by atomic mass is 16.5. The first-order valence-corrected chi connectivity index (χ1v) is 8.30. The summed E-state index contributed by atoms with van der Waals surface area (Å²) in [6.07, 6.45) is 4.38. The molecule has 20 heavy (non-hydrogen) atoms. The first-order valence-electron chi connectivity index (χ1n) is 8.30. The highest BCUT2D eigenvalue weighted by molar-refractivity contribution is 4.89. The summed E-state index contributed by atoms with van der Waals surface area (Å²) in [6, 6.07) is 0. The van der Waals surface area contributed by atoms with Crippen molar-refractivity contribution in [2.75, 3.05) is 45.9 Å². The summed E-state index contributed by atoms with van der Waals surface area (Å²) < 4.78 is 11.7. The molecule has 2 aliphatic rings. The Kier molecular flexibility index (Phi) is 6.27. The van der Waals surface area contributed by atoms with Crippen LogP contribution in [0.15, 0.2) is 0 Å². The Morgan fingerprint density at radius 2 is 2.00 bits per heavy atom.